The van der Waals surface area contributed by atoms with Crippen LogP contribution >= 0.6 is 0 Å². The molecule has 1 amide bonds. The van der Waals surface area contributed by atoms with Gasteiger partial charge in [0, 0.05) is 6.54 Å². The summed E-state index contributed by atoms with van der Waals surface area (Å²) in [5.74, 6) is 0. The molecular weight excluding hydrogens is 240 g/mol. The van der Waals surface area contributed by atoms with Crippen molar-refractivity contribution >= 4 is 6.09 Å². The number of nitrogens with one attached hydrogen (secondary N) is 2. The normalized spacial score (nSPS) is 12.3. The number of unbranched alkanes of at least 4 members (excludes halogenated alkanes) is 1. The molecule has 114 valence electrons. The maximum absolute atomic E-state index is 11.9. The molecule has 0 spiro atoms. The number of carbonyl (C=O) groups is 1. The van der Waals surface area contributed by atoms with Crippen molar-refractivity contribution in [3.63, 3.8) is 0 Å². The van der Waals surface area contributed by atoms with E-state index in [4.69, 9.17) is 4.74 Å². The summed E-state index contributed by atoms with van der Waals surface area (Å²) in [6.07, 6.45) is 3.80. The predicted octanol–water partition coefficient (Wildman–Crippen LogP) is 3.46. The van der Waals surface area contributed by atoms with E-state index in [2.05, 4.69) is 31.4 Å². The lowest BCUT2D eigenvalue weighted by Gasteiger charge is -2.34. The van der Waals surface area contributed by atoms with Crippen LogP contribution in [-0.2, 0) is 4.74 Å². The molecule has 0 radical (unpaired) electrons. The second-order valence-electron chi connectivity index (χ2n) is 6.14. The van der Waals surface area contributed by atoms with Crippen LogP contribution in [0.15, 0.2) is 0 Å². The third-order valence-electron chi connectivity index (χ3n) is 3.29. The summed E-state index contributed by atoms with van der Waals surface area (Å²) < 4.78 is 5.35. The Morgan fingerprint density at radius 1 is 1.11 bits per heavy atom. The second kappa shape index (κ2) is 8.41. The molecule has 0 saturated heterocycles. The first-order chi connectivity index (χ1) is 8.78. The minimum absolute atomic E-state index is 0.212. The van der Waals surface area contributed by atoms with Gasteiger partial charge in [0.25, 0.3) is 0 Å². The van der Waals surface area contributed by atoms with E-state index in [1.54, 1.807) is 0 Å². The van der Waals surface area contributed by atoms with Crippen LogP contribution in [-0.4, -0.2) is 30.3 Å². The summed E-state index contributed by atoms with van der Waals surface area (Å²) in [6, 6.07) is 0. The first-order valence-corrected chi connectivity index (χ1v) is 7.50. The largest absolute Gasteiger partial charge is 0.444 e. The number of carbonyl (C=O) groups excluding carboxylic acids is 1. The summed E-state index contributed by atoms with van der Waals surface area (Å²) in [6.45, 7) is 13.8. The minimum Gasteiger partial charge on any atom is -0.444 e. The summed E-state index contributed by atoms with van der Waals surface area (Å²) >= 11 is 0. The maximum Gasteiger partial charge on any atom is 0.408 e. The van der Waals surface area contributed by atoms with Crippen LogP contribution in [0, 0.1) is 0 Å². The van der Waals surface area contributed by atoms with Crippen molar-refractivity contribution < 1.29 is 9.53 Å². The molecule has 0 heterocycles. The molecule has 2 N–H and O–H groups in total. The molecule has 0 aliphatic carbocycles. The molecule has 0 aromatic carbocycles. The minimum atomic E-state index is -0.451. The fraction of sp³-hybridized carbons (Fsp3) is 0.933. The first kappa shape index (κ1) is 18.2. The highest BCUT2D eigenvalue weighted by Crippen LogP contribution is 2.16. The molecule has 0 aliphatic heterocycles. The monoisotopic (exact) mass is 272 g/mol. The second-order valence-corrected chi connectivity index (χ2v) is 6.14. The lowest BCUT2D eigenvalue weighted by Crippen LogP contribution is -2.55. The van der Waals surface area contributed by atoms with Gasteiger partial charge >= 0.3 is 6.09 Å². The van der Waals surface area contributed by atoms with Crippen molar-refractivity contribution in [3.8, 4) is 0 Å². The van der Waals surface area contributed by atoms with Crippen molar-refractivity contribution in [2.75, 3.05) is 13.1 Å². The van der Waals surface area contributed by atoms with Gasteiger partial charge in [0.15, 0.2) is 0 Å². The topological polar surface area (TPSA) is 50.4 Å². The third kappa shape index (κ3) is 8.09. The van der Waals surface area contributed by atoms with Crippen LogP contribution in [0.25, 0.3) is 0 Å². The smallest absolute Gasteiger partial charge is 0.408 e. The number of hydrogen-bond donors (Lipinski definition) is 2. The molecule has 0 aliphatic rings. The SMILES string of the molecule is CCCCNCC(CC)(CC)NC(=O)OC(C)(C)C. The van der Waals surface area contributed by atoms with Gasteiger partial charge in [-0.1, -0.05) is 27.2 Å². The van der Waals surface area contributed by atoms with E-state index in [1.807, 2.05) is 20.8 Å². The Hall–Kier alpha value is -0.770. The summed E-state index contributed by atoms with van der Waals surface area (Å²) in [7, 11) is 0. The van der Waals surface area contributed by atoms with Gasteiger partial charge in [0.2, 0.25) is 0 Å². The van der Waals surface area contributed by atoms with Crippen LogP contribution < -0.4 is 10.6 Å². The highest BCUT2D eigenvalue weighted by atomic mass is 16.6. The summed E-state index contributed by atoms with van der Waals surface area (Å²) in [5, 5.41) is 6.47. The Kier molecular flexibility index (Phi) is 8.07. The molecule has 0 saturated carbocycles. The highest BCUT2D eigenvalue weighted by Gasteiger charge is 2.29. The molecule has 0 unspecified atom stereocenters. The zero-order valence-corrected chi connectivity index (χ0v) is 13.6. The van der Waals surface area contributed by atoms with Crippen molar-refractivity contribution in [2.45, 2.75) is 78.4 Å². The molecule has 4 heteroatoms. The van der Waals surface area contributed by atoms with Crippen molar-refractivity contribution in [1.29, 1.82) is 0 Å². The lowest BCUT2D eigenvalue weighted by molar-refractivity contribution is 0.0446. The van der Waals surface area contributed by atoms with Crippen LogP contribution in [0.3, 0.4) is 0 Å². The number of amides is 1. The highest BCUT2D eigenvalue weighted by molar-refractivity contribution is 5.68. The lowest BCUT2D eigenvalue weighted by atomic mass is 9.93. The van der Waals surface area contributed by atoms with Crippen LogP contribution in [0.1, 0.15) is 67.2 Å². The predicted molar refractivity (Wildman–Crippen MR) is 80.5 cm³/mol. The molecule has 0 bridgehead atoms. The molecule has 0 rings (SSSR count). The summed E-state index contributed by atoms with van der Waals surface area (Å²) in [4.78, 5) is 11.9. The molecule has 0 aromatic heterocycles. The van der Waals surface area contributed by atoms with Gasteiger partial charge in [-0.25, -0.2) is 4.79 Å². The molecule has 0 fully saturated rings. The van der Waals surface area contributed by atoms with E-state index in [0.29, 0.717) is 0 Å². The first-order valence-electron chi connectivity index (χ1n) is 7.50. The van der Waals surface area contributed by atoms with E-state index >= 15 is 0 Å². The third-order valence-corrected chi connectivity index (χ3v) is 3.29. The average Bonchev–Trinajstić information content (AvgIpc) is 2.31. The number of rotatable bonds is 8. The maximum atomic E-state index is 11.9. The molecular formula is C15H32N2O2. The Bertz CT molecular complexity index is 255. The quantitative estimate of drug-likeness (QED) is 0.665. The molecule has 4 nitrogen and oxygen atoms in total. The van der Waals surface area contributed by atoms with Gasteiger partial charge in [-0.05, 0) is 46.6 Å². The molecule has 0 atom stereocenters. The zero-order chi connectivity index (χ0) is 14.9. The van der Waals surface area contributed by atoms with Crippen molar-refractivity contribution in [2.24, 2.45) is 0 Å². The Morgan fingerprint density at radius 3 is 2.11 bits per heavy atom. The van der Waals surface area contributed by atoms with Crippen LogP contribution in [0.2, 0.25) is 0 Å². The van der Waals surface area contributed by atoms with E-state index in [-0.39, 0.29) is 11.6 Å². The van der Waals surface area contributed by atoms with E-state index in [9.17, 15) is 4.79 Å². The standard InChI is InChI=1S/C15H32N2O2/c1-7-10-11-16-12-15(8-2,9-3)17-13(18)19-14(4,5)6/h16H,7-12H2,1-6H3,(H,17,18). The van der Waals surface area contributed by atoms with Crippen LogP contribution in [0.5, 0.6) is 0 Å². The Morgan fingerprint density at radius 2 is 1.68 bits per heavy atom. The van der Waals surface area contributed by atoms with E-state index in [0.717, 1.165) is 32.4 Å². The zero-order valence-electron chi connectivity index (χ0n) is 13.6. The van der Waals surface area contributed by atoms with Crippen molar-refractivity contribution in [3.05, 3.63) is 0 Å². The van der Waals surface area contributed by atoms with Gasteiger partial charge < -0.3 is 15.4 Å². The van der Waals surface area contributed by atoms with Crippen molar-refractivity contribution in [1.82, 2.24) is 10.6 Å². The molecule has 0 aromatic rings. The van der Waals surface area contributed by atoms with Gasteiger partial charge in [-0.2, -0.15) is 0 Å². The van der Waals surface area contributed by atoms with Crippen LogP contribution in [0.4, 0.5) is 4.79 Å². The number of alkyl carbamates (subject to hydrolysis) is 1. The Labute approximate surface area is 118 Å². The van der Waals surface area contributed by atoms with Gasteiger partial charge in [0.1, 0.15) is 5.60 Å². The number of hydrogen-bond acceptors (Lipinski definition) is 3. The van der Waals surface area contributed by atoms with Gasteiger partial charge in [0.05, 0.1) is 5.54 Å². The fourth-order valence-electron chi connectivity index (χ4n) is 1.87. The number of ether oxygens (including phenoxy) is 1. The fourth-order valence-corrected chi connectivity index (χ4v) is 1.87. The van der Waals surface area contributed by atoms with E-state index in [1.165, 1.54) is 6.42 Å². The van der Waals surface area contributed by atoms with Gasteiger partial charge in [-0.3, -0.25) is 0 Å². The average molecular weight is 272 g/mol. The Balaban J connectivity index is 4.40. The van der Waals surface area contributed by atoms with Gasteiger partial charge in [-0.15, -0.1) is 0 Å². The van der Waals surface area contributed by atoms with E-state index < -0.39 is 5.60 Å². The molecule has 19 heavy (non-hydrogen) atoms. The summed E-state index contributed by atoms with van der Waals surface area (Å²) in [5.41, 5.74) is -0.664.